The molecule has 8 heteroatoms. The first-order valence-electron chi connectivity index (χ1n) is 6.64. The molecule has 1 amide bonds. The van der Waals surface area contributed by atoms with Gasteiger partial charge in [0.15, 0.2) is 0 Å². The third-order valence-corrected chi connectivity index (χ3v) is 3.38. The fourth-order valence-electron chi connectivity index (χ4n) is 2.17. The first kappa shape index (κ1) is 21.3. The Hall–Kier alpha value is -0.720. The van der Waals surface area contributed by atoms with Gasteiger partial charge in [0.25, 0.3) is 0 Å². The van der Waals surface area contributed by atoms with Gasteiger partial charge in [-0.15, -0.1) is 24.8 Å². The number of morpholine rings is 1. The van der Waals surface area contributed by atoms with Gasteiger partial charge in [-0.3, -0.25) is 4.79 Å². The molecule has 0 bridgehead atoms. The Morgan fingerprint density at radius 1 is 1.45 bits per heavy atom. The SMILES string of the molecule is CN(C)c1ccc(Cl)cc1NC(=O)CC1COCCN1.Cl.Cl. The van der Waals surface area contributed by atoms with Gasteiger partial charge < -0.3 is 20.3 Å². The van der Waals surface area contributed by atoms with Crippen molar-refractivity contribution in [3.63, 3.8) is 0 Å². The molecule has 5 nitrogen and oxygen atoms in total. The number of nitrogens with zero attached hydrogens (tertiary/aromatic N) is 1. The predicted octanol–water partition coefficient (Wildman–Crippen LogP) is 2.57. The zero-order valence-corrected chi connectivity index (χ0v) is 15.0. The Morgan fingerprint density at radius 2 is 2.18 bits per heavy atom. The molecular formula is C14H22Cl3N3O2. The third kappa shape index (κ3) is 6.18. The van der Waals surface area contributed by atoms with Crippen LogP contribution in [0.25, 0.3) is 0 Å². The number of nitrogens with one attached hydrogen (secondary N) is 2. The van der Waals surface area contributed by atoms with Crippen LogP contribution in [0.4, 0.5) is 11.4 Å². The van der Waals surface area contributed by atoms with Gasteiger partial charge in [0.05, 0.1) is 24.6 Å². The fourth-order valence-corrected chi connectivity index (χ4v) is 2.35. The average molecular weight is 371 g/mol. The minimum atomic E-state index is -0.0432. The Bertz CT molecular complexity index is 480. The maximum atomic E-state index is 12.1. The number of rotatable bonds is 4. The van der Waals surface area contributed by atoms with E-state index in [1.807, 2.05) is 31.1 Å². The molecule has 2 rings (SSSR count). The topological polar surface area (TPSA) is 53.6 Å². The molecule has 0 saturated carbocycles. The number of ether oxygens (including phenoxy) is 1. The minimum absolute atomic E-state index is 0. The first-order chi connectivity index (χ1) is 9.56. The molecule has 1 atom stereocenters. The van der Waals surface area contributed by atoms with Gasteiger partial charge in [0, 0.05) is 38.1 Å². The van der Waals surface area contributed by atoms with Gasteiger partial charge in [0.2, 0.25) is 5.91 Å². The lowest BCUT2D eigenvalue weighted by Gasteiger charge is -2.24. The van der Waals surface area contributed by atoms with Gasteiger partial charge in [-0.25, -0.2) is 0 Å². The molecule has 1 aromatic rings. The number of benzene rings is 1. The molecule has 1 fully saturated rings. The monoisotopic (exact) mass is 369 g/mol. The summed E-state index contributed by atoms with van der Waals surface area (Å²) >= 11 is 5.99. The van der Waals surface area contributed by atoms with Crippen molar-refractivity contribution >= 4 is 53.7 Å². The van der Waals surface area contributed by atoms with Crippen molar-refractivity contribution < 1.29 is 9.53 Å². The summed E-state index contributed by atoms with van der Waals surface area (Å²) in [6.07, 6.45) is 0.388. The van der Waals surface area contributed by atoms with Crippen LogP contribution in [-0.2, 0) is 9.53 Å². The van der Waals surface area contributed by atoms with E-state index in [0.29, 0.717) is 24.7 Å². The highest BCUT2D eigenvalue weighted by atomic mass is 35.5. The zero-order valence-electron chi connectivity index (χ0n) is 12.6. The van der Waals surface area contributed by atoms with Crippen molar-refractivity contribution in [1.29, 1.82) is 0 Å². The van der Waals surface area contributed by atoms with Gasteiger partial charge >= 0.3 is 0 Å². The molecular weight excluding hydrogens is 349 g/mol. The molecule has 126 valence electrons. The fraction of sp³-hybridized carbons (Fsp3) is 0.500. The lowest BCUT2D eigenvalue weighted by atomic mass is 10.2. The average Bonchev–Trinajstić information content (AvgIpc) is 2.39. The summed E-state index contributed by atoms with van der Waals surface area (Å²) in [7, 11) is 3.85. The summed E-state index contributed by atoms with van der Waals surface area (Å²) < 4.78 is 5.34. The normalized spacial score (nSPS) is 17.0. The van der Waals surface area contributed by atoms with Crippen LogP contribution in [0.1, 0.15) is 6.42 Å². The zero-order chi connectivity index (χ0) is 14.5. The number of hydrogen-bond acceptors (Lipinski definition) is 4. The molecule has 1 saturated heterocycles. The van der Waals surface area contributed by atoms with Crippen LogP contribution in [0.3, 0.4) is 0 Å². The number of anilines is 2. The molecule has 0 radical (unpaired) electrons. The third-order valence-electron chi connectivity index (χ3n) is 3.14. The van der Waals surface area contributed by atoms with Crippen molar-refractivity contribution in [1.82, 2.24) is 5.32 Å². The van der Waals surface area contributed by atoms with Gasteiger partial charge in [-0.05, 0) is 18.2 Å². The van der Waals surface area contributed by atoms with Crippen LogP contribution in [-0.4, -0.2) is 45.8 Å². The van der Waals surface area contributed by atoms with Crippen molar-refractivity contribution in [2.75, 3.05) is 44.1 Å². The van der Waals surface area contributed by atoms with E-state index in [9.17, 15) is 4.79 Å². The van der Waals surface area contributed by atoms with Crippen LogP contribution in [0.15, 0.2) is 18.2 Å². The Kier molecular flexibility index (Phi) is 9.80. The van der Waals surface area contributed by atoms with E-state index < -0.39 is 0 Å². The summed E-state index contributed by atoms with van der Waals surface area (Å²) in [5.74, 6) is -0.0432. The lowest BCUT2D eigenvalue weighted by molar-refractivity contribution is -0.117. The molecule has 0 spiro atoms. The van der Waals surface area contributed by atoms with Crippen LogP contribution >= 0.6 is 36.4 Å². The van der Waals surface area contributed by atoms with Crippen LogP contribution in [0.5, 0.6) is 0 Å². The molecule has 1 aromatic carbocycles. The molecule has 1 heterocycles. The second kappa shape index (κ2) is 10.1. The van der Waals surface area contributed by atoms with E-state index in [-0.39, 0.29) is 36.8 Å². The van der Waals surface area contributed by atoms with Crippen LogP contribution < -0.4 is 15.5 Å². The van der Waals surface area contributed by atoms with Crippen molar-refractivity contribution in [3.05, 3.63) is 23.2 Å². The van der Waals surface area contributed by atoms with Crippen molar-refractivity contribution in [2.45, 2.75) is 12.5 Å². The largest absolute Gasteiger partial charge is 0.378 e. The minimum Gasteiger partial charge on any atom is -0.378 e. The summed E-state index contributed by atoms with van der Waals surface area (Å²) in [4.78, 5) is 14.0. The second-order valence-corrected chi connectivity index (χ2v) is 5.47. The second-order valence-electron chi connectivity index (χ2n) is 5.03. The standard InChI is InChI=1S/C14H20ClN3O2.2ClH/c1-18(2)13-4-3-10(15)7-12(13)17-14(19)8-11-9-20-6-5-16-11;;/h3-4,7,11,16H,5-6,8-9H2,1-2H3,(H,17,19);2*1H. The smallest absolute Gasteiger partial charge is 0.226 e. The van der Waals surface area contributed by atoms with Gasteiger partial charge in [-0.2, -0.15) is 0 Å². The quantitative estimate of drug-likeness (QED) is 0.855. The highest BCUT2D eigenvalue weighted by molar-refractivity contribution is 6.31. The first-order valence-corrected chi connectivity index (χ1v) is 7.02. The van der Waals surface area contributed by atoms with E-state index in [2.05, 4.69) is 10.6 Å². The van der Waals surface area contributed by atoms with Crippen molar-refractivity contribution in [2.24, 2.45) is 0 Å². The maximum Gasteiger partial charge on any atom is 0.226 e. The molecule has 2 N–H and O–H groups in total. The van der Waals surface area contributed by atoms with E-state index >= 15 is 0 Å². The van der Waals surface area contributed by atoms with Crippen LogP contribution in [0, 0.1) is 0 Å². The Balaban J connectivity index is 0.00000220. The summed E-state index contributed by atoms with van der Waals surface area (Å²) in [6, 6.07) is 5.54. The number of carbonyl (C=O) groups excluding carboxylic acids is 1. The van der Waals surface area contributed by atoms with Crippen LogP contribution in [0.2, 0.25) is 5.02 Å². The molecule has 1 aliphatic rings. The summed E-state index contributed by atoms with van der Waals surface area (Å²) in [5.41, 5.74) is 1.65. The predicted molar refractivity (Wildman–Crippen MR) is 96.1 cm³/mol. The molecule has 1 unspecified atom stereocenters. The highest BCUT2D eigenvalue weighted by Gasteiger charge is 2.18. The maximum absolute atomic E-state index is 12.1. The van der Waals surface area contributed by atoms with Gasteiger partial charge in [-0.1, -0.05) is 11.6 Å². The number of amides is 1. The van der Waals surface area contributed by atoms with Crippen molar-refractivity contribution in [3.8, 4) is 0 Å². The summed E-state index contributed by atoms with van der Waals surface area (Å²) in [6.45, 7) is 2.07. The highest BCUT2D eigenvalue weighted by Crippen LogP contribution is 2.27. The molecule has 22 heavy (non-hydrogen) atoms. The lowest BCUT2D eigenvalue weighted by Crippen LogP contribution is -2.43. The van der Waals surface area contributed by atoms with E-state index in [1.165, 1.54) is 0 Å². The summed E-state index contributed by atoms with van der Waals surface area (Å²) in [5, 5.41) is 6.78. The Morgan fingerprint density at radius 3 is 2.77 bits per heavy atom. The number of halogens is 3. The number of hydrogen-bond donors (Lipinski definition) is 2. The Labute approximate surface area is 148 Å². The van der Waals surface area contributed by atoms with E-state index in [4.69, 9.17) is 16.3 Å². The molecule has 0 aromatic heterocycles. The molecule has 0 aliphatic carbocycles. The van der Waals surface area contributed by atoms with E-state index in [0.717, 1.165) is 17.9 Å². The molecule has 1 aliphatic heterocycles. The number of carbonyl (C=O) groups is 1. The van der Waals surface area contributed by atoms with E-state index in [1.54, 1.807) is 6.07 Å². The van der Waals surface area contributed by atoms with Gasteiger partial charge in [0.1, 0.15) is 0 Å².